The van der Waals surface area contributed by atoms with Crippen LogP contribution < -0.4 is 20.1 Å². The number of ether oxygens (including phenoxy) is 2. The van der Waals surface area contributed by atoms with E-state index in [9.17, 15) is 9.59 Å². The fraction of sp³-hybridized carbons (Fsp3) is 0.391. The smallest absolute Gasteiger partial charge is 0.251 e. The summed E-state index contributed by atoms with van der Waals surface area (Å²) >= 11 is 0. The van der Waals surface area contributed by atoms with Crippen LogP contribution in [0.2, 0.25) is 0 Å². The maximum absolute atomic E-state index is 12.5. The first kappa shape index (κ1) is 19.3. The van der Waals surface area contributed by atoms with Gasteiger partial charge in [0, 0.05) is 23.7 Å². The van der Waals surface area contributed by atoms with Crippen LogP contribution in [0, 0.1) is 0 Å². The lowest BCUT2D eigenvalue weighted by Gasteiger charge is -2.16. The van der Waals surface area contributed by atoms with Gasteiger partial charge in [0.05, 0.1) is 0 Å². The number of amides is 2. The van der Waals surface area contributed by atoms with E-state index in [4.69, 9.17) is 9.47 Å². The lowest BCUT2D eigenvalue weighted by molar-refractivity contribution is 0.0927. The molecule has 1 aliphatic carbocycles. The normalized spacial score (nSPS) is 16.1. The quantitative estimate of drug-likeness (QED) is 0.757. The maximum Gasteiger partial charge on any atom is 0.251 e. The van der Waals surface area contributed by atoms with Gasteiger partial charge < -0.3 is 20.1 Å². The zero-order valence-corrected chi connectivity index (χ0v) is 16.4. The molecule has 0 radical (unpaired) electrons. The van der Waals surface area contributed by atoms with Gasteiger partial charge in [-0.25, -0.2) is 0 Å². The number of carbonyl (C=O) groups excluding carboxylic acids is 2. The summed E-state index contributed by atoms with van der Waals surface area (Å²) in [6.45, 7) is 0.616. The van der Waals surface area contributed by atoms with Crippen molar-refractivity contribution >= 4 is 11.8 Å². The van der Waals surface area contributed by atoms with E-state index in [1.54, 1.807) is 24.3 Å². The molecule has 1 aliphatic heterocycles. The molecular formula is C23H26N2O4. The standard InChI is InChI=1S/C23H26N2O4/c26-22(24-14-16-7-12-20-21(13-16)29-15-28-20)17-8-10-18(11-9-17)23(27)25-19-5-3-1-2-4-6-19/h7-13,19H,1-6,14-15H2,(H,24,26)(H,25,27). The van der Waals surface area contributed by atoms with Gasteiger partial charge in [-0.3, -0.25) is 9.59 Å². The molecule has 0 bridgehead atoms. The summed E-state index contributed by atoms with van der Waals surface area (Å²) in [5.41, 5.74) is 2.04. The Morgan fingerprint density at radius 3 is 2.21 bits per heavy atom. The summed E-state index contributed by atoms with van der Waals surface area (Å²) in [5, 5.41) is 6.02. The van der Waals surface area contributed by atoms with Crippen molar-refractivity contribution in [1.82, 2.24) is 10.6 Å². The first-order valence-electron chi connectivity index (χ1n) is 10.3. The molecule has 0 saturated heterocycles. The second-order valence-electron chi connectivity index (χ2n) is 7.61. The summed E-state index contributed by atoms with van der Waals surface area (Å²) in [7, 11) is 0. The third-order valence-electron chi connectivity index (χ3n) is 5.49. The van der Waals surface area contributed by atoms with Crippen LogP contribution in [0.1, 0.15) is 64.8 Å². The predicted octanol–water partition coefficient (Wildman–Crippen LogP) is 3.80. The van der Waals surface area contributed by atoms with E-state index in [1.807, 2.05) is 18.2 Å². The first-order chi connectivity index (χ1) is 14.2. The highest BCUT2D eigenvalue weighted by Crippen LogP contribution is 2.32. The maximum atomic E-state index is 12.5. The van der Waals surface area contributed by atoms with Crippen LogP contribution in [-0.4, -0.2) is 24.6 Å². The number of benzene rings is 2. The van der Waals surface area contributed by atoms with Crippen molar-refractivity contribution in [2.75, 3.05) is 6.79 Å². The number of rotatable bonds is 5. The zero-order chi connectivity index (χ0) is 20.1. The molecule has 0 spiro atoms. The minimum Gasteiger partial charge on any atom is -0.454 e. The van der Waals surface area contributed by atoms with Crippen molar-refractivity contribution in [3.63, 3.8) is 0 Å². The van der Waals surface area contributed by atoms with Crippen LogP contribution in [0.15, 0.2) is 42.5 Å². The van der Waals surface area contributed by atoms with Crippen LogP contribution in [0.25, 0.3) is 0 Å². The van der Waals surface area contributed by atoms with Gasteiger partial charge in [-0.1, -0.05) is 31.7 Å². The van der Waals surface area contributed by atoms with Gasteiger partial charge in [0.25, 0.3) is 11.8 Å². The molecule has 2 aromatic carbocycles. The van der Waals surface area contributed by atoms with E-state index in [0.717, 1.165) is 24.2 Å². The molecular weight excluding hydrogens is 368 g/mol. The Morgan fingerprint density at radius 2 is 1.48 bits per heavy atom. The van der Waals surface area contributed by atoms with E-state index in [-0.39, 0.29) is 24.6 Å². The van der Waals surface area contributed by atoms with Crippen LogP contribution in [0.5, 0.6) is 11.5 Å². The number of fused-ring (bicyclic) bond motifs is 1. The molecule has 0 unspecified atom stereocenters. The van der Waals surface area contributed by atoms with Gasteiger partial charge in [-0.05, 0) is 54.8 Å². The molecule has 4 rings (SSSR count). The molecule has 2 amide bonds. The van der Waals surface area contributed by atoms with Crippen molar-refractivity contribution in [2.24, 2.45) is 0 Å². The molecule has 2 N–H and O–H groups in total. The number of carbonyl (C=O) groups is 2. The number of hydrogen-bond acceptors (Lipinski definition) is 4. The Labute approximate surface area is 170 Å². The highest BCUT2D eigenvalue weighted by molar-refractivity contribution is 5.97. The summed E-state index contributed by atoms with van der Waals surface area (Å²) in [5.74, 6) is 1.17. The Balaban J connectivity index is 1.31. The van der Waals surface area contributed by atoms with Gasteiger partial charge in [0.2, 0.25) is 6.79 Å². The third-order valence-corrected chi connectivity index (χ3v) is 5.49. The highest BCUT2D eigenvalue weighted by Gasteiger charge is 2.17. The van der Waals surface area contributed by atoms with E-state index in [1.165, 1.54) is 25.7 Å². The number of nitrogens with one attached hydrogen (secondary N) is 2. The molecule has 1 fully saturated rings. The van der Waals surface area contributed by atoms with Crippen molar-refractivity contribution in [3.8, 4) is 11.5 Å². The molecule has 1 saturated carbocycles. The SMILES string of the molecule is O=C(NCc1ccc2c(c1)OCO2)c1ccc(C(=O)NC2CCCCCC2)cc1. The Hall–Kier alpha value is -3.02. The highest BCUT2D eigenvalue weighted by atomic mass is 16.7. The zero-order valence-electron chi connectivity index (χ0n) is 16.4. The second-order valence-corrected chi connectivity index (χ2v) is 7.61. The van der Waals surface area contributed by atoms with Gasteiger partial charge in [-0.15, -0.1) is 0 Å². The minimum absolute atomic E-state index is 0.0655. The molecule has 0 atom stereocenters. The van der Waals surface area contributed by atoms with E-state index in [0.29, 0.717) is 23.4 Å². The van der Waals surface area contributed by atoms with Crippen molar-refractivity contribution < 1.29 is 19.1 Å². The van der Waals surface area contributed by atoms with E-state index in [2.05, 4.69) is 10.6 Å². The Kier molecular flexibility index (Phi) is 5.98. The molecule has 1 heterocycles. The van der Waals surface area contributed by atoms with Crippen LogP contribution in [0.3, 0.4) is 0 Å². The largest absolute Gasteiger partial charge is 0.454 e. The van der Waals surface area contributed by atoms with Gasteiger partial charge in [0.15, 0.2) is 11.5 Å². The van der Waals surface area contributed by atoms with E-state index >= 15 is 0 Å². The lowest BCUT2D eigenvalue weighted by Crippen LogP contribution is -2.34. The van der Waals surface area contributed by atoms with Crippen LogP contribution >= 0.6 is 0 Å². The summed E-state index contributed by atoms with van der Waals surface area (Å²) in [4.78, 5) is 24.9. The second kappa shape index (κ2) is 8.99. The average Bonchev–Trinajstić information content (AvgIpc) is 3.07. The van der Waals surface area contributed by atoms with Gasteiger partial charge >= 0.3 is 0 Å². The molecule has 2 aromatic rings. The van der Waals surface area contributed by atoms with Gasteiger partial charge in [-0.2, -0.15) is 0 Å². The Morgan fingerprint density at radius 1 is 0.828 bits per heavy atom. The lowest BCUT2D eigenvalue weighted by atomic mass is 10.1. The molecule has 0 aromatic heterocycles. The predicted molar refractivity (Wildman–Crippen MR) is 109 cm³/mol. The van der Waals surface area contributed by atoms with E-state index < -0.39 is 0 Å². The average molecular weight is 394 g/mol. The summed E-state index contributed by atoms with van der Waals surface area (Å²) in [6, 6.07) is 12.7. The van der Waals surface area contributed by atoms with Crippen LogP contribution in [-0.2, 0) is 6.54 Å². The molecule has 152 valence electrons. The van der Waals surface area contributed by atoms with Crippen LogP contribution in [0.4, 0.5) is 0 Å². The summed E-state index contributed by atoms with van der Waals surface area (Å²) in [6.07, 6.45) is 6.95. The topological polar surface area (TPSA) is 76.7 Å². The van der Waals surface area contributed by atoms with Crippen molar-refractivity contribution in [2.45, 2.75) is 51.1 Å². The fourth-order valence-corrected chi connectivity index (χ4v) is 3.80. The molecule has 29 heavy (non-hydrogen) atoms. The molecule has 6 nitrogen and oxygen atoms in total. The first-order valence-corrected chi connectivity index (χ1v) is 10.3. The monoisotopic (exact) mass is 394 g/mol. The molecule has 2 aliphatic rings. The minimum atomic E-state index is -0.182. The Bertz CT molecular complexity index is 871. The van der Waals surface area contributed by atoms with Crippen molar-refractivity contribution in [1.29, 1.82) is 0 Å². The number of hydrogen-bond donors (Lipinski definition) is 2. The van der Waals surface area contributed by atoms with Crippen molar-refractivity contribution in [3.05, 3.63) is 59.2 Å². The molecule has 6 heteroatoms. The van der Waals surface area contributed by atoms with Gasteiger partial charge in [0.1, 0.15) is 0 Å². The fourth-order valence-electron chi connectivity index (χ4n) is 3.80. The third kappa shape index (κ3) is 4.88. The summed E-state index contributed by atoms with van der Waals surface area (Å²) < 4.78 is 10.6.